The van der Waals surface area contributed by atoms with E-state index in [0.29, 0.717) is 5.82 Å². The number of rotatable bonds is 6. The highest BCUT2D eigenvalue weighted by atomic mass is 32.2. The normalized spacial score (nSPS) is 13.6. The fourth-order valence-corrected chi connectivity index (χ4v) is 2.65. The van der Waals surface area contributed by atoms with Crippen LogP contribution in [0.1, 0.15) is 18.8 Å². The number of nitrogens with zero attached hydrogens (tertiary/aromatic N) is 4. The van der Waals surface area contributed by atoms with Crippen molar-refractivity contribution in [2.45, 2.75) is 24.4 Å². The number of aliphatic hydroxyl groups is 1. The molecule has 1 unspecified atom stereocenters. The predicted octanol–water partition coefficient (Wildman–Crippen LogP) is -0.967. The van der Waals surface area contributed by atoms with E-state index in [0.717, 1.165) is 0 Å². The van der Waals surface area contributed by atoms with E-state index in [1.54, 1.807) is 6.92 Å². The summed E-state index contributed by atoms with van der Waals surface area (Å²) < 4.78 is 27.9. The number of hydrogen-bond acceptors (Lipinski definition) is 6. The molecule has 104 valence electrons. The minimum absolute atomic E-state index is 0.0346. The maximum Gasteiger partial charge on any atom is 0.244 e. The Labute approximate surface area is 109 Å². The van der Waals surface area contributed by atoms with Gasteiger partial charge in [0.1, 0.15) is 17.0 Å². The quantitative estimate of drug-likeness (QED) is 0.627. The van der Waals surface area contributed by atoms with Crippen molar-refractivity contribution >= 4 is 10.0 Å². The van der Waals surface area contributed by atoms with Gasteiger partial charge in [-0.2, -0.15) is 10.2 Å². The molecule has 0 aliphatic rings. The molecule has 0 bridgehead atoms. The van der Waals surface area contributed by atoms with Crippen LogP contribution in [0.3, 0.4) is 0 Å². The minimum Gasteiger partial charge on any atom is -0.394 e. The summed E-state index contributed by atoms with van der Waals surface area (Å²) in [5.74, 6) is 0.423. The van der Waals surface area contributed by atoms with E-state index in [-0.39, 0.29) is 18.0 Å². The van der Waals surface area contributed by atoms with Gasteiger partial charge >= 0.3 is 0 Å². The van der Waals surface area contributed by atoms with Gasteiger partial charge in [-0.25, -0.2) is 18.1 Å². The van der Waals surface area contributed by atoms with Crippen LogP contribution in [0.25, 0.3) is 0 Å². The molecule has 2 aromatic rings. The molecule has 0 saturated carbocycles. The molecule has 0 radical (unpaired) electrons. The second-order valence-corrected chi connectivity index (χ2v) is 5.59. The van der Waals surface area contributed by atoms with Gasteiger partial charge in [0.05, 0.1) is 25.4 Å². The van der Waals surface area contributed by atoms with E-state index >= 15 is 0 Å². The van der Waals surface area contributed by atoms with Crippen LogP contribution in [0, 0.1) is 0 Å². The van der Waals surface area contributed by atoms with E-state index in [4.69, 9.17) is 5.11 Å². The summed E-state index contributed by atoms with van der Waals surface area (Å²) in [6.07, 6.45) is 3.89. The summed E-state index contributed by atoms with van der Waals surface area (Å²) in [6, 6.07) is -0.534. The third-order valence-electron chi connectivity index (χ3n) is 2.42. The molecule has 0 aliphatic carbocycles. The SMILES string of the molecule is CC(NS(=O)(=O)c1cnn(CCO)c1)c1ncn[nH]1. The standard InChI is InChI=1S/C9H14N6O3S/c1-7(9-10-6-11-13-9)14-19(17,18)8-4-12-15(5-8)2-3-16/h4-7,14,16H,2-3H2,1H3,(H,10,11,13). The van der Waals surface area contributed by atoms with Crippen molar-refractivity contribution in [2.24, 2.45) is 0 Å². The van der Waals surface area contributed by atoms with Crippen molar-refractivity contribution in [3.63, 3.8) is 0 Å². The van der Waals surface area contributed by atoms with Crippen LogP contribution >= 0.6 is 0 Å². The monoisotopic (exact) mass is 286 g/mol. The molecule has 0 aliphatic heterocycles. The van der Waals surface area contributed by atoms with Crippen LogP contribution in [-0.4, -0.2) is 45.1 Å². The first-order valence-electron chi connectivity index (χ1n) is 5.54. The van der Waals surface area contributed by atoms with Crippen molar-refractivity contribution < 1.29 is 13.5 Å². The summed E-state index contributed by atoms with van der Waals surface area (Å²) in [6.45, 7) is 1.78. The molecule has 3 N–H and O–H groups in total. The van der Waals surface area contributed by atoms with Gasteiger partial charge < -0.3 is 5.11 Å². The van der Waals surface area contributed by atoms with Crippen LogP contribution in [0.5, 0.6) is 0 Å². The van der Waals surface area contributed by atoms with Crippen LogP contribution in [0.4, 0.5) is 0 Å². The lowest BCUT2D eigenvalue weighted by atomic mass is 10.3. The van der Waals surface area contributed by atoms with Crippen molar-refractivity contribution in [1.29, 1.82) is 0 Å². The molecular weight excluding hydrogens is 272 g/mol. The van der Waals surface area contributed by atoms with E-state index in [9.17, 15) is 8.42 Å². The van der Waals surface area contributed by atoms with Gasteiger partial charge in [0.25, 0.3) is 0 Å². The smallest absolute Gasteiger partial charge is 0.244 e. The molecule has 0 saturated heterocycles. The first-order chi connectivity index (χ1) is 9.03. The van der Waals surface area contributed by atoms with Gasteiger partial charge in [-0.1, -0.05) is 0 Å². The van der Waals surface area contributed by atoms with Gasteiger partial charge in [0.15, 0.2) is 0 Å². The second kappa shape index (κ2) is 5.47. The van der Waals surface area contributed by atoms with Crippen molar-refractivity contribution in [3.05, 3.63) is 24.5 Å². The molecule has 19 heavy (non-hydrogen) atoms. The van der Waals surface area contributed by atoms with Crippen LogP contribution in [0.2, 0.25) is 0 Å². The number of aliphatic hydroxyl groups excluding tert-OH is 1. The molecule has 2 heterocycles. The first-order valence-corrected chi connectivity index (χ1v) is 7.02. The fourth-order valence-electron chi connectivity index (χ4n) is 1.49. The maximum absolute atomic E-state index is 12.1. The molecule has 2 rings (SSSR count). The van der Waals surface area contributed by atoms with Gasteiger partial charge in [-0.05, 0) is 6.92 Å². The van der Waals surface area contributed by atoms with Crippen molar-refractivity contribution in [1.82, 2.24) is 29.7 Å². The molecule has 0 aromatic carbocycles. The molecule has 0 fully saturated rings. The summed E-state index contributed by atoms with van der Waals surface area (Å²) >= 11 is 0. The Morgan fingerprint density at radius 1 is 1.58 bits per heavy atom. The fraction of sp³-hybridized carbons (Fsp3) is 0.444. The Hall–Kier alpha value is -1.78. The maximum atomic E-state index is 12.1. The second-order valence-electron chi connectivity index (χ2n) is 3.88. The third-order valence-corrected chi connectivity index (χ3v) is 3.92. The number of nitrogens with one attached hydrogen (secondary N) is 2. The van der Waals surface area contributed by atoms with E-state index in [1.807, 2.05) is 0 Å². The van der Waals surface area contributed by atoms with Gasteiger partial charge in [0, 0.05) is 6.20 Å². The number of sulfonamides is 1. The Morgan fingerprint density at radius 2 is 2.37 bits per heavy atom. The van der Waals surface area contributed by atoms with Crippen LogP contribution in [0.15, 0.2) is 23.6 Å². The van der Waals surface area contributed by atoms with E-state index < -0.39 is 16.1 Å². The van der Waals surface area contributed by atoms with Crippen LogP contribution in [-0.2, 0) is 16.6 Å². The zero-order valence-electron chi connectivity index (χ0n) is 10.2. The largest absolute Gasteiger partial charge is 0.394 e. The molecule has 10 heteroatoms. The summed E-state index contributed by atoms with van der Waals surface area (Å²) in [5.41, 5.74) is 0. The third kappa shape index (κ3) is 3.16. The number of aromatic amines is 1. The Bertz CT molecular complexity index is 620. The predicted molar refractivity (Wildman–Crippen MR) is 64.4 cm³/mol. The number of aromatic nitrogens is 5. The summed E-state index contributed by atoms with van der Waals surface area (Å²) in [4.78, 5) is 3.92. The highest BCUT2D eigenvalue weighted by Crippen LogP contribution is 2.12. The minimum atomic E-state index is -3.69. The lowest BCUT2D eigenvalue weighted by Crippen LogP contribution is -2.27. The van der Waals surface area contributed by atoms with Gasteiger partial charge in [-0.3, -0.25) is 9.78 Å². The highest BCUT2D eigenvalue weighted by Gasteiger charge is 2.21. The number of hydrogen-bond donors (Lipinski definition) is 3. The zero-order valence-corrected chi connectivity index (χ0v) is 11.0. The summed E-state index contributed by atoms with van der Waals surface area (Å²) in [7, 11) is -3.69. The van der Waals surface area contributed by atoms with Crippen LogP contribution < -0.4 is 4.72 Å². The van der Waals surface area contributed by atoms with Gasteiger partial charge in [0.2, 0.25) is 10.0 Å². The van der Waals surface area contributed by atoms with Crippen molar-refractivity contribution in [2.75, 3.05) is 6.61 Å². The number of H-pyrrole nitrogens is 1. The Balaban J connectivity index is 2.13. The average molecular weight is 286 g/mol. The highest BCUT2D eigenvalue weighted by molar-refractivity contribution is 7.89. The van der Waals surface area contributed by atoms with Crippen molar-refractivity contribution in [3.8, 4) is 0 Å². The topological polar surface area (TPSA) is 126 Å². The Kier molecular flexibility index (Phi) is 3.93. The lowest BCUT2D eigenvalue weighted by Gasteiger charge is -2.10. The molecule has 0 amide bonds. The molecule has 9 nitrogen and oxygen atoms in total. The zero-order chi connectivity index (χ0) is 13.9. The molecular formula is C9H14N6O3S. The average Bonchev–Trinajstić information content (AvgIpc) is 2.99. The molecule has 2 aromatic heterocycles. The lowest BCUT2D eigenvalue weighted by molar-refractivity contribution is 0.269. The van der Waals surface area contributed by atoms with Gasteiger partial charge in [-0.15, -0.1) is 0 Å². The molecule has 1 atom stereocenters. The first kappa shape index (κ1) is 13.6. The van der Waals surface area contributed by atoms with E-state index in [2.05, 4.69) is 25.0 Å². The Morgan fingerprint density at radius 3 is 3.00 bits per heavy atom. The molecule has 0 spiro atoms. The van der Waals surface area contributed by atoms with E-state index in [1.165, 1.54) is 23.4 Å². The summed E-state index contributed by atoms with van der Waals surface area (Å²) in [5, 5.41) is 18.9.